The van der Waals surface area contributed by atoms with Crippen LogP contribution in [0.3, 0.4) is 0 Å². The first-order valence-electron chi connectivity index (χ1n) is 16.0. The Morgan fingerprint density at radius 1 is 0.911 bits per heavy atom. The summed E-state index contributed by atoms with van der Waals surface area (Å²) in [7, 11) is 0. The molecule has 0 bridgehead atoms. The Labute approximate surface area is 264 Å². The molecule has 1 aromatic carbocycles. The zero-order chi connectivity index (χ0) is 33.4. The molecular weight excluding hydrogens is 580 g/mol. The second-order valence-electron chi connectivity index (χ2n) is 13.0. The van der Waals surface area contributed by atoms with E-state index in [1.807, 2.05) is 0 Å². The van der Waals surface area contributed by atoms with E-state index in [-0.39, 0.29) is 36.5 Å². The minimum Gasteiger partial charge on any atom is -0.480 e. The molecule has 1 unspecified atom stereocenters. The molecule has 12 heteroatoms. The van der Waals surface area contributed by atoms with Gasteiger partial charge in [0, 0.05) is 13.0 Å². The molecule has 248 valence electrons. The van der Waals surface area contributed by atoms with E-state index < -0.39 is 65.7 Å². The number of aliphatic hydroxyl groups is 1. The van der Waals surface area contributed by atoms with Crippen molar-refractivity contribution in [3.8, 4) is 0 Å². The minimum atomic E-state index is -1.35. The summed E-state index contributed by atoms with van der Waals surface area (Å²) in [6.07, 6.45) is 1.71. The number of aliphatic carboxylic acids is 1. The van der Waals surface area contributed by atoms with Crippen molar-refractivity contribution in [2.24, 2.45) is 23.7 Å². The first-order valence-corrected chi connectivity index (χ1v) is 16.0. The quantitative estimate of drug-likeness (QED) is 0.181. The molecule has 1 aromatic rings. The summed E-state index contributed by atoms with van der Waals surface area (Å²) in [5.41, 5.74) is 0.669. The lowest BCUT2D eigenvalue weighted by Gasteiger charge is -2.33. The van der Waals surface area contributed by atoms with Crippen molar-refractivity contribution in [2.45, 2.75) is 103 Å². The number of nitrogens with zero attached hydrogens (tertiary/aromatic N) is 1. The van der Waals surface area contributed by atoms with Gasteiger partial charge in [0.15, 0.2) is 0 Å². The van der Waals surface area contributed by atoms with E-state index in [4.69, 9.17) is 0 Å². The number of likely N-dealkylation sites (tertiary alicyclic amines) is 1. The number of hydrogen-bond acceptors (Lipinski definition) is 7. The van der Waals surface area contributed by atoms with Crippen LogP contribution in [0.4, 0.5) is 0 Å². The molecule has 1 aliphatic carbocycles. The first-order chi connectivity index (χ1) is 21.3. The fourth-order valence-electron chi connectivity index (χ4n) is 6.35. The van der Waals surface area contributed by atoms with Crippen LogP contribution in [0.25, 0.3) is 0 Å². The maximum Gasteiger partial charge on any atom is 0.326 e. The molecule has 1 saturated carbocycles. The molecule has 0 spiro atoms. The van der Waals surface area contributed by atoms with E-state index in [0.29, 0.717) is 24.9 Å². The smallest absolute Gasteiger partial charge is 0.326 e. The van der Waals surface area contributed by atoms with Gasteiger partial charge in [0.1, 0.15) is 24.2 Å². The summed E-state index contributed by atoms with van der Waals surface area (Å²) in [6.45, 7) is 9.04. The Balaban J connectivity index is 1.78. The normalized spacial score (nSPS) is 21.9. The number of aliphatic hydroxyl groups excluding tert-OH is 1. The van der Waals surface area contributed by atoms with Crippen molar-refractivity contribution >= 4 is 35.4 Å². The van der Waals surface area contributed by atoms with E-state index in [0.717, 1.165) is 12.8 Å². The van der Waals surface area contributed by atoms with Crippen molar-refractivity contribution in [1.82, 2.24) is 20.9 Å². The van der Waals surface area contributed by atoms with E-state index in [9.17, 15) is 39.0 Å². The van der Waals surface area contributed by atoms with Gasteiger partial charge in [-0.2, -0.15) is 0 Å². The van der Waals surface area contributed by atoms with E-state index >= 15 is 0 Å². The third-order valence-corrected chi connectivity index (χ3v) is 8.89. The topological polar surface area (TPSA) is 182 Å². The molecule has 3 rings (SSSR count). The predicted octanol–water partition coefficient (Wildman–Crippen LogP) is 1.44. The largest absolute Gasteiger partial charge is 0.480 e. The number of Topliss-reactive ketones (excluding diaryl/α,β-unsaturated/α-hetero) is 1. The number of carbonyl (C=O) groups excluding carboxylic acids is 5. The molecule has 4 amide bonds. The summed E-state index contributed by atoms with van der Waals surface area (Å²) in [6, 6.07) is 4.26. The molecule has 7 atom stereocenters. The Kier molecular flexibility index (Phi) is 12.7. The van der Waals surface area contributed by atoms with E-state index in [1.54, 1.807) is 65.0 Å². The molecule has 12 nitrogen and oxygen atoms in total. The number of carbonyl (C=O) groups is 6. The van der Waals surface area contributed by atoms with Gasteiger partial charge in [-0.15, -0.1) is 0 Å². The van der Waals surface area contributed by atoms with Crippen LogP contribution in [-0.4, -0.2) is 87.3 Å². The van der Waals surface area contributed by atoms with Crippen LogP contribution in [0.1, 0.15) is 72.3 Å². The van der Waals surface area contributed by atoms with Gasteiger partial charge in [-0.1, -0.05) is 77.8 Å². The number of rotatable bonds is 15. The van der Waals surface area contributed by atoms with Crippen LogP contribution >= 0.6 is 0 Å². The van der Waals surface area contributed by atoms with Gasteiger partial charge in [-0.05, 0) is 48.5 Å². The molecule has 0 radical (unpaired) electrons. The molecule has 2 aliphatic rings. The van der Waals surface area contributed by atoms with Gasteiger partial charge >= 0.3 is 5.97 Å². The fraction of sp³-hybridized carbons (Fsp3) is 0.636. The lowest BCUT2D eigenvalue weighted by molar-refractivity contribution is -0.146. The first kappa shape index (κ1) is 35.7. The third kappa shape index (κ3) is 8.90. The highest BCUT2D eigenvalue weighted by molar-refractivity contribution is 6.38. The highest BCUT2D eigenvalue weighted by Crippen LogP contribution is 2.42. The van der Waals surface area contributed by atoms with E-state index in [1.165, 1.54) is 4.90 Å². The number of carboxylic acid groups (broad SMARTS) is 1. The lowest BCUT2D eigenvalue weighted by Crippen LogP contribution is -2.59. The highest BCUT2D eigenvalue weighted by Gasteiger charge is 2.51. The summed E-state index contributed by atoms with van der Waals surface area (Å²) in [4.78, 5) is 80.1. The van der Waals surface area contributed by atoms with Crippen LogP contribution < -0.4 is 16.0 Å². The third-order valence-electron chi connectivity index (χ3n) is 8.89. The van der Waals surface area contributed by atoms with Gasteiger partial charge in [-0.25, -0.2) is 4.79 Å². The monoisotopic (exact) mass is 628 g/mol. The number of ketones is 1. The van der Waals surface area contributed by atoms with Crippen LogP contribution in [0, 0.1) is 23.7 Å². The Morgan fingerprint density at radius 2 is 1.58 bits per heavy atom. The summed E-state index contributed by atoms with van der Waals surface area (Å²) >= 11 is 0. The number of hydrogen-bond donors (Lipinski definition) is 5. The van der Waals surface area contributed by atoms with Crippen molar-refractivity contribution in [3.05, 3.63) is 35.9 Å². The average Bonchev–Trinajstić information content (AvgIpc) is 3.60. The standard InChI is InChI=1S/C33H48N4O8/c1-6-11-23(28(39)31(42)35-24(33(44)45)16-20-12-8-7-9-13-20)34-29(40)26-22-15-10-14-21(22)17-37(26)32(43)25(18(2)3)36-30(41)27(38)19(4)5/h7-9,12-13,18-19,21-27,38H,6,10-11,14-17H2,1-5H3,(H,34,40)(H,35,42)(H,36,41)(H,44,45)/t21-,22-,23?,24-,25-,26-,27-/m0/s1. The van der Waals surface area contributed by atoms with Crippen molar-refractivity contribution in [2.75, 3.05) is 6.54 Å². The Morgan fingerprint density at radius 3 is 2.16 bits per heavy atom. The number of nitrogens with one attached hydrogen (secondary N) is 3. The summed E-state index contributed by atoms with van der Waals surface area (Å²) in [5, 5.41) is 27.6. The summed E-state index contributed by atoms with van der Waals surface area (Å²) < 4.78 is 0. The minimum absolute atomic E-state index is 0.0238. The molecule has 0 aromatic heterocycles. The zero-order valence-electron chi connectivity index (χ0n) is 26.8. The number of amides is 4. The van der Waals surface area contributed by atoms with Crippen LogP contribution in [0.2, 0.25) is 0 Å². The molecule has 5 N–H and O–H groups in total. The number of carboxylic acids is 1. The highest BCUT2D eigenvalue weighted by atomic mass is 16.4. The van der Waals surface area contributed by atoms with E-state index in [2.05, 4.69) is 16.0 Å². The van der Waals surface area contributed by atoms with Crippen LogP contribution in [-0.2, 0) is 35.2 Å². The van der Waals surface area contributed by atoms with Crippen LogP contribution in [0.15, 0.2) is 30.3 Å². The second-order valence-corrected chi connectivity index (χ2v) is 13.0. The average molecular weight is 629 g/mol. The maximum absolute atomic E-state index is 13.9. The Hall–Kier alpha value is -3.80. The zero-order valence-corrected chi connectivity index (χ0v) is 26.8. The molecule has 45 heavy (non-hydrogen) atoms. The second kappa shape index (κ2) is 16.0. The van der Waals surface area contributed by atoms with Crippen molar-refractivity contribution in [3.63, 3.8) is 0 Å². The number of fused-ring (bicyclic) bond motifs is 1. The molecule has 1 heterocycles. The van der Waals surface area contributed by atoms with Crippen LogP contribution in [0.5, 0.6) is 0 Å². The lowest BCUT2D eigenvalue weighted by atomic mass is 9.92. The number of benzene rings is 1. The molecule has 1 saturated heterocycles. The van der Waals surface area contributed by atoms with Gasteiger partial charge in [0.2, 0.25) is 23.5 Å². The predicted molar refractivity (Wildman–Crippen MR) is 166 cm³/mol. The Bertz CT molecular complexity index is 1240. The van der Waals surface area contributed by atoms with Crippen molar-refractivity contribution < 1.29 is 39.0 Å². The fourth-order valence-corrected chi connectivity index (χ4v) is 6.35. The van der Waals surface area contributed by atoms with Gasteiger partial charge in [-0.3, -0.25) is 24.0 Å². The van der Waals surface area contributed by atoms with Crippen molar-refractivity contribution in [1.29, 1.82) is 0 Å². The van der Waals surface area contributed by atoms with Gasteiger partial charge < -0.3 is 31.1 Å². The maximum atomic E-state index is 13.9. The molecular formula is C33H48N4O8. The van der Waals surface area contributed by atoms with Gasteiger partial charge in [0.25, 0.3) is 5.91 Å². The molecule has 2 fully saturated rings. The van der Waals surface area contributed by atoms with Gasteiger partial charge in [0.05, 0.1) is 6.04 Å². The molecule has 1 aliphatic heterocycles. The summed E-state index contributed by atoms with van der Waals surface area (Å²) in [5.74, 6) is -5.79. The SMILES string of the molecule is CCCC(NC(=O)[C@@H]1[C@H]2CCC[C@H]2CN1C(=O)[C@@H](NC(=O)[C@@H](O)C(C)C)C(C)C)C(=O)C(=O)N[C@@H](Cc1ccccc1)C(=O)O.